The molecule has 142 valence electrons. The average molecular weight is 380 g/mol. The topological polar surface area (TPSA) is 58.1 Å². The van der Waals surface area contributed by atoms with Crippen molar-refractivity contribution in [2.75, 3.05) is 23.3 Å². The lowest BCUT2D eigenvalue weighted by atomic mass is 10.1. The van der Waals surface area contributed by atoms with Gasteiger partial charge in [0.2, 0.25) is 0 Å². The van der Waals surface area contributed by atoms with Crippen molar-refractivity contribution in [3.8, 4) is 11.3 Å². The molecule has 28 heavy (non-hydrogen) atoms. The van der Waals surface area contributed by atoms with Crippen LogP contribution in [0.1, 0.15) is 23.2 Å². The smallest absolute Gasteiger partial charge is 0.258 e. The summed E-state index contributed by atoms with van der Waals surface area (Å²) in [5.74, 6) is -1.42. The quantitative estimate of drug-likeness (QED) is 0.734. The minimum absolute atomic E-state index is 0.221. The van der Waals surface area contributed by atoms with E-state index in [0.717, 1.165) is 36.6 Å². The van der Waals surface area contributed by atoms with Crippen LogP contribution in [-0.4, -0.2) is 29.2 Å². The van der Waals surface area contributed by atoms with E-state index in [1.54, 1.807) is 18.2 Å². The number of carbonyl (C=O) groups excluding carboxylic acids is 1. The Kier molecular flexibility index (Phi) is 4.97. The second kappa shape index (κ2) is 7.72. The summed E-state index contributed by atoms with van der Waals surface area (Å²) < 4.78 is 26.8. The Morgan fingerprint density at radius 1 is 0.964 bits per heavy atom. The largest absolute Gasteiger partial charge is 0.355 e. The summed E-state index contributed by atoms with van der Waals surface area (Å²) in [4.78, 5) is 14.5. The van der Waals surface area contributed by atoms with Gasteiger partial charge >= 0.3 is 0 Å². The molecule has 0 saturated carbocycles. The van der Waals surface area contributed by atoms with Crippen molar-refractivity contribution in [1.82, 2.24) is 10.2 Å². The van der Waals surface area contributed by atoms with Crippen LogP contribution in [0.15, 0.2) is 54.6 Å². The van der Waals surface area contributed by atoms with Crippen LogP contribution in [-0.2, 0) is 0 Å². The number of amides is 1. The molecule has 0 bridgehead atoms. The molecule has 0 atom stereocenters. The normalized spacial score (nSPS) is 13.6. The molecule has 1 fully saturated rings. The fraction of sp³-hybridized carbons (Fsp3) is 0.190. The fourth-order valence-corrected chi connectivity index (χ4v) is 3.22. The molecule has 1 N–H and O–H groups in total. The number of halogens is 2. The van der Waals surface area contributed by atoms with E-state index in [-0.39, 0.29) is 5.56 Å². The van der Waals surface area contributed by atoms with E-state index in [4.69, 9.17) is 0 Å². The van der Waals surface area contributed by atoms with Gasteiger partial charge in [-0.15, -0.1) is 10.2 Å². The molecular weight excluding hydrogens is 362 g/mol. The van der Waals surface area contributed by atoms with Crippen LogP contribution in [0.4, 0.5) is 20.3 Å². The van der Waals surface area contributed by atoms with Crippen LogP contribution >= 0.6 is 0 Å². The molecule has 1 aliphatic heterocycles. The third-order valence-electron chi connectivity index (χ3n) is 4.67. The first-order valence-corrected chi connectivity index (χ1v) is 9.06. The number of anilines is 2. The first kappa shape index (κ1) is 18.0. The standard InChI is InChI=1S/C21H18F2N4O/c22-15-6-7-17(18(23)13-15)21(28)24-16-5-3-4-14(12-16)19-8-9-20(26-25-19)27-10-1-2-11-27/h3-9,12-13H,1-2,10-11H2,(H,24,28). The Labute approximate surface area is 161 Å². The molecule has 0 aliphatic carbocycles. The Balaban J connectivity index is 1.52. The Morgan fingerprint density at radius 3 is 2.50 bits per heavy atom. The lowest BCUT2D eigenvalue weighted by Gasteiger charge is -2.15. The van der Waals surface area contributed by atoms with E-state index >= 15 is 0 Å². The van der Waals surface area contributed by atoms with Crippen molar-refractivity contribution in [3.63, 3.8) is 0 Å². The van der Waals surface area contributed by atoms with Crippen LogP contribution in [0.25, 0.3) is 11.3 Å². The number of hydrogen-bond donors (Lipinski definition) is 1. The molecular formula is C21H18F2N4O. The molecule has 5 nitrogen and oxygen atoms in total. The molecule has 0 spiro atoms. The number of nitrogens with zero attached hydrogens (tertiary/aromatic N) is 3. The highest BCUT2D eigenvalue weighted by atomic mass is 19.1. The maximum atomic E-state index is 13.8. The van der Waals surface area contributed by atoms with E-state index in [0.29, 0.717) is 17.4 Å². The van der Waals surface area contributed by atoms with E-state index in [1.807, 2.05) is 18.2 Å². The van der Waals surface area contributed by atoms with Crippen molar-refractivity contribution >= 4 is 17.4 Å². The van der Waals surface area contributed by atoms with Gasteiger partial charge in [0.05, 0.1) is 11.3 Å². The van der Waals surface area contributed by atoms with Gasteiger partial charge in [-0.3, -0.25) is 4.79 Å². The van der Waals surface area contributed by atoms with E-state index in [9.17, 15) is 13.6 Å². The van der Waals surface area contributed by atoms with Crippen molar-refractivity contribution in [2.24, 2.45) is 0 Å². The number of carbonyl (C=O) groups is 1. The first-order chi connectivity index (χ1) is 13.6. The monoisotopic (exact) mass is 380 g/mol. The molecule has 0 unspecified atom stereocenters. The lowest BCUT2D eigenvalue weighted by Crippen LogP contribution is -2.19. The number of aromatic nitrogens is 2. The van der Waals surface area contributed by atoms with Crippen LogP contribution in [0.5, 0.6) is 0 Å². The molecule has 3 aromatic rings. The highest BCUT2D eigenvalue weighted by Gasteiger charge is 2.15. The molecule has 7 heteroatoms. The maximum Gasteiger partial charge on any atom is 0.258 e. The van der Waals surface area contributed by atoms with Gasteiger partial charge in [-0.2, -0.15) is 0 Å². The van der Waals surface area contributed by atoms with Crippen molar-refractivity contribution in [2.45, 2.75) is 12.8 Å². The van der Waals surface area contributed by atoms with E-state index in [2.05, 4.69) is 20.4 Å². The molecule has 2 aromatic carbocycles. The molecule has 0 radical (unpaired) electrons. The highest BCUT2D eigenvalue weighted by Crippen LogP contribution is 2.24. The SMILES string of the molecule is O=C(Nc1cccc(-c2ccc(N3CCCC3)nn2)c1)c1ccc(F)cc1F. The molecule has 2 heterocycles. The number of nitrogens with one attached hydrogen (secondary N) is 1. The van der Waals surface area contributed by atoms with Crippen LogP contribution in [0.2, 0.25) is 0 Å². The Hall–Kier alpha value is -3.35. The third kappa shape index (κ3) is 3.83. The van der Waals surface area contributed by atoms with Crippen LogP contribution in [0, 0.1) is 11.6 Å². The second-order valence-corrected chi connectivity index (χ2v) is 6.63. The number of hydrogen-bond acceptors (Lipinski definition) is 4. The van der Waals surface area contributed by atoms with E-state index < -0.39 is 17.5 Å². The summed E-state index contributed by atoms with van der Waals surface area (Å²) >= 11 is 0. The van der Waals surface area contributed by atoms with E-state index in [1.165, 1.54) is 12.8 Å². The number of rotatable bonds is 4. The van der Waals surface area contributed by atoms with Crippen LogP contribution < -0.4 is 10.2 Å². The lowest BCUT2D eigenvalue weighted by molar-refractivity contribution is 0.102. The van der Waals surface area contributed by atoms with Crippen molar-refractivity contribution in [1.29, 1.82) is 0 Å². The Morgan fingerprint density at radius 2 is 1.79 bits per heavy atom. The molecule has 1 amide bonds. The van der Waals surface area contributed by atoms with Gasteiger partial charge < -0.3 is 10.2 Å². The maximum absolute atomic E-state index is 13.8. The Bertz CT molecular complexity index is 1000. The summed E-state index contributed by atoms with van der Waals surface area (Å²) in [6.45, 7) is 1.99. The molecule has 1 aromatic heterocycles. The van der Waals surface area contributed by atoms with Gasteiger partial charge in [0.25, 0.3) is 5.91 Å². The summed E-state index contributed by atoms with van der Waals surface area (Å²) in [7, 11) is 0. The molecule has 4 rings (SSSR count). The molecule has 1 aliphatic rings. The second-order valence-electron chi connectivity index (χ2n) is 6.63. The van der Waals surface area contributed by atoms with Crippen molar-refractivity contribution < 1.29 is 13.6 Å². The highest BCUT2D eigenvalue weighted by molar-refractivity contribution is 6.04. The predicted octanol–water partition coefficient (Wildman–Crippen LogP) is 4.27. The van der Waals surface area contributed by atoms with Crippen molar-refractivity contribution in [3.05, 3.63) is 71.8 Å². The minimum Gasteiger partial charge on any atom is -0.355 e. The van der Waals surface area contributed by atoms with Gasteiger partial charge in [-0.25, -0.2) is 8.78 Å². The summed E-state index contributed by atoms with van der Waals surface area (Å²) in [5.41, 5.74) is 1.71. The van der Waals surface area contributed by atoms with Crippen LogP contribution in [0.3, 0.4) is 0 Å². The van der Waals surface area contributed by atoms with Gasteiger partial charge in [-0.05, 0) is 49.2 Å². The zero-order chi connectivity index (χ0) is 19.5. The fourth-order valence-electron chi connectivity index (χ4n) is 3.22. The predicted molar refractivity (Wildman–Crippen MR) is 103 cm³/mol. The summed E-state index contributed by atoms with van der Waals surface area (Å²) in [5, 5.41) is 11.2. The summed E-state index contributed by atoms with van der Waals surface area (Å²) in [6.07, 6.45) is 2.33. The third-order valence-corrected chi connectivity index (χ3v) is 4.67. The average Bonchev–Trinajstić information content (AvgIpc) is 3.23. The van der Waals surface area contributed by atoms with Gasteiger partial charge in [0, 0.05) is 30.4 Å². The molecule has 1 saturated heterocycles. The van der Waals surface area contributed by atoms with Gasteiger partial charge in [0.1, 0.15) is 11.6 Å². The zero-order valence-electron chi connectivity index (χ0n) is 15.0. The van der Waals surface area contributed by atoms with Gasteiger partial charge in [-0.1, -0.05) is 12.1 Å². The first-order valence-electron chi connectivity index (χ1n) is 9.06. The summed E-state index contributed by atoms with van der Waals surface area (Å²) in [6, 6.07) is 13.7. The number of benzene rings is 2. The minimum atomic E-state index is -0.906. The zero-order valence-corrected chi connectivity index (χ0v) is 15.0. The van der Waals surface area contributed by atoms with Gasteiger partial charge in [0.15, 0.2) is 5.82 Å².